The smallest absolute Gasteiger partial charge is 0.416 e. The van der Waals surface area contributed by atoms with Crippen molar-refractivity contribution in [3.05, 3.63) is 58.9 Å². The summed E-state index contributed by atoms with van der Waals surface area (Å²) in [5.41, 5.74) is -2.88. The Balaban J connectivity index is 2.74. The summed E-state index contributed by atoms with van der Waals surface area (Å²) in [5.74, 6) is -6.66. The van der Waals surface area contributed by atoms with E-state index in [0.717, 1.165) is 0 Å². The molecule has 0 fully saturated rings. The highest BCUT2D eigenvalue weighted by Gasteiger charge is 2.32. The molecular weight excluding hydrogens is 314 g/mol. The highest BCUT2D eigenvalue weighted by atomic mass is 19.4. The van der Waals surface area contributed by atoms with Crippen LogP contribution in [0.3, 0.4) is 0 Å². The number of carbonyl (C=O) groups is 1. The molecular formula is C14H6F6O2. The lowest BCUT2D eigenvalue weighted by Gasteiger charge is -2.12. The molecule has 8 heteroatoms. The van der Waals surface area contributed by atoms with E-state index in [1.54, 1.807) is 0 Å². The number of rotatable bonds is 2. The van der Waals surface area contributed by atoms with Crippen LogP contribution in [0.1, 0.15) is 15.9 Å². The minimum Gasteiger partial charge on any atom is -0.478 e. The van der Waals surface area contributed by atoms with Crippen molar-refractivity contribution in [2.45, 2.75) is 6.18 Å². The summed E-state index contributed by atoms with van der Waals surface area (Å²) in [6.07, 6.45) is -4.77. The summed E-state index contributed by atoms with van der Waals surface area (Å²) in [7, 11) is 0. The van der Waals surface area contributed by atoms with Crippen molar-refractivity contribution in [1.29, 1.82) is 0 Å². The summed E-state index contributed by atoms with van der Waals surface area (Å²) >= 11 is 0. The van der Waals surface area contributed by atoms with E-state index in [0.29, 0.717) is 30.3 Å². The highest BCUT2D eigenvalue weighted by molar-refractivity contribution is 5.96. The van der Waals surface area contributed by atoms with Gasteiger partial charge in [0.1, 0.15) is 0 Å². The first-order chi connectivity index (χ1) is 10.1. The van der Waals surface area contributed by atoms with Gasteiger partial charge in [0.25, 0.3) is 0 Å². The van der Waals surface area contributed by atoms with Crippen LogP contribution in [0.25, 0.3) is 11.1 Å². The van der Waals surface area contributed by atoms with E-state index in [9.17, 15) is 31.1 Å². The largest absolute Gasteiger partial charge is 0.478 e. The van der Waals surface area contributed by atoms with Crippen molar-refractivity contribution in [2.24, 2.45) is 0 Å². The number of aromatic carboxylic acids is 1. The van der Waals surface area contributed by atoms with Gasteiger partial charge in [0.2, 0.25) is 0 Å². The summed E-state index contributed by atoms with van der Waals surface area (Å²) < 4.78 is 77.4. The topological polar surface area (TPSA) is 37.3 Å². The molecule has 0 saturated heterocycles. The lowest BCUT2D eigenvalue weighted by Crippen LogP contribution is -2.08. The first-order valence-electron chi connectivity index (χ1n) is 5.70. The number of carboxylic acids is 1. The standard InChI is InChI=1S/C14H6F6O2/c15-10-3-6(4-11(16)12(10)17)9-5-7(14(18,19)20)1-2-8(9)13(21)22/h1-5H,(H,21,22). The molecule has 0 amide bonds. The zero-order chi connectivity index (χ0) is 16.7. The lowest BCUT2D eigenvalue weighted by atomic mass is 9.96. The van der Waals surface area contributed by atoms with Crippen LogP contribution < -0.4 is 0 Å². The van der Waals surface area contributed by atoms with Crippen LogP contribution in [0, 0.1) is 17.5 Å². The van der Waals surface area contributed by atoms with E-state index in [1.807, 2.05) is 0 Å². The van der Waals surface area contributed by atoms with Gasteiger partial charge in [-0.05, 0) is 41.5 Å². The molecule has 1 N–H and O–H groups in total. The average Bonchev–Trinajstić information content (AvgIpc) is 2.42. The maximum atomic E-state index is 13.2. The fourth-order valence-corrected chi connectivity index (χ4v) is 1.86. The number of hydrogen-bond donors (Lipinski definition) is 1. The van der Waals surface area contributed by atoms with Crippen LogP contribution >= 0.6 is 0 Å². The van der Waals surface area contributed by atoms with E-state index in [1.165, 1.54) is 0 Å². The second-order valence-electron chi connectivity index (χ2n) is 4.32. The molecule has 0 bridgehead atoms. The maximum absolute atomic E-state index is 13.2. The van der Waals surface area contributed by atoms with Crippen LogP contribution in [-0.4, -0.2) is 11.1 Å². The Morgan fingerprint density at radius 1 is 0.955 bits per heavy atom. The molecule has 2 nitrogen and oxygen atoms in total. The fraction of sp³-hybridized carbons (Fsp3) is 0.0714. The summed E-state index contributed by atoms with van der Waals surface area (Å²) in [5, 5.41) is 8.97. The lowest BCUT2D eigenvalue weighted by molar-refractivity contribution is -0.137. The average molecular weight is 320 g/mol. The van der Waals surface area contributed by atoms with E-state index in [-0.39, 0.29) is 0 Å². The van der Waals surface area contributed by atoms with Gasteiger partial charge in [-0.1, -0.05) is 0 Å². The Hall–Kier alpha value is -2.51. The number of alkyl halides is 3. The van der Waals surface area contributed by atoms with Gasteiger partial charge in [-0.2, -0.15) is 13.2 Å². The third-order valence-corrected chi connectivity index (χ3v) is 2.87. The van der Waals surface area contributed by atoms with Gasteiger partial charge < -0.3 is 5.11 Å². The monoisotopic (exact) mass is 320 g/mol. The van der Waals surface area contributed by atoms with E-state index in [4.69, 9.17) is 5.11 Å². The summed E-state index contributed by atoms with van der Waals surface area (Å²) in [6.45, 7) is 0. The number of benzene rings is 2. The molecule has 0 heterocycles. The van der Waals surface area contributed by atoms with E-state index < -0.39 is 51.9 Å². The Kier molecular flexibility index (Phi) is 3.87. The molecule has 2 aromatic rings. The molecule has 0 aliphatic heterocycles. The first-order valence-corrected chi connectivity index (χ1v) is 5.70. The van der Waals surface area contributed by atoms with Crippen LogP contribution in [-0.2, 0) is 6.18 Å². The van der Waals surface area contributed by atoms with Gasteiger partial charge >= 0.3 is 12.1 Å². The fourth-order valence-electron chi connectivity index (χ4n) is 1.86. The SMILES string of the molecule is O=C(O)c1ccc(C(F)(F)F)cc1-c1cc(F)c(F)c(F)c1. The quantitative estimate of drug-likeness (QED) is 0.654. The third-order valence-electron chi connectivity index (χ3n) is 2.87. The highest BCUT2D eigenvalue weighted by Crippen LogP contribution is 2.35. The Bertz CT molecular complexity index is 728. The second kappa shape index (κ2) is 5.36. The minimum atomic E-state index is -4.77. The molecule has 0 saturated carbocycles. The molecule has 0 spiro atoms. The number of halogens is 6. The summed E-state index contributed by atoms with van der Waals surface area (Å²) in [4.78, 5) is 11.1. The van der Waals surface area contributed by atoms with Gasteiger partial charge in [-0.3, -0.25) is 0 Å². The molecule has 116 valence electrons. The van der Waals surface area contributed by atoms with Gasteiger partial charge in [0.15, 0.2) is 17.5 Å². The van der Waals surface area contributed by atoms with Crippen molar-refractivity contribution in [3.63, 3.8) is 0 Å². The van der Waals surface area contributed by atoms with Gasteiger partial charge in [-0.15, -0.1) is 0 Å². The van der Waals surface area contributed by atoms with Crippen molar-refractivity contribution < 1.29 is 36.2 Å². The van der Waals surface area contributed by atoms with Crippen LogP contribution in [0.5, 0.6) is 0 Å². The molecule has 0 aliphatic carbocycles. The van der Waals surface area contributed by atoms with Crippen molar-refractivity contribution in [1.82, 2.24) is 0 Å². The number of carboxylic acid groups (broad SMARTS) is 1. The molecule has 0 atom stereocenters. The minimum absolute atomic E-state index is 0.431. The Morgan fingerprint density at radius 2 is 1.50 bits per heavy atom. The van der Waals surface area contributed by atoms with Crippen molar-refractivity contribution in [2.75, 3.05) is 0 Å². The van der Waals surface area contributed by atoms with Gasteiger partial charge in [-0.25, -0.2) is 18.0 Å². The van der Waals surface area contributed by atoms with E-state index in [2.05, 4.69) is 0 Å². The molecule has 2 rings (SSSR count). The summed E-state index contributed by atoms with van der Waals surface area (Å²) in [6, 6.07) is 2.50. The second-order valence-corrected chi connectivity index (χ2v) is 4.32. The number of hydrogen-bond acceptors (Lipinski definition) is 1. The maximum Gasteiger partial charge on any atom is 0.416 e. The van der Waals surface area contributed by atoms with Crippen LogP contribution in [0.4, 0.5) is 26.3 Å². The molecule has 2 aromatic carbocycles. The van der Waals surface area contributed by atoms with Gasteiger partial charge in [0.05, 0.1) is 11.1 Å². The predicted molar refractivity (Wildman–Crippen MR) is 63.7 cm³/mol. The Labute approximate surface area is 119 Å². The predicted octanol–water partition coefficient (Wildman–Crippen LogP) is 4.49. The van der Waals surface area contributed by atoms with Crippen LogP contribution in [0.2, 0.25) is 0 Å². The first kappa shape index (κ1) is 15.9. The molecule has 0 unspecified atom stereocenters. The molecule has 22 heavy (non-hydrogen) atoms. The Morgan fingerprint density at radius 3 is 1.95 bits per heavy atom. The molecule has 0 radical (unpaired) electrons. The zero-order valence-corrected chi connectivity index (χ0v) is 10.5. The zero-order valence-electron chi connectivity index (χ0n) is 10.5. The molecule has 0 aromatic heterocycles. The third kappa shape index (κ3) is 2.90. The van der Waals surface area contributed by atoms with E-state index >= 15 is 0 Å². The van der Waals surface area contributed by atoms with Gasteiger partial charge in [0, 0.05) is 0 Å². The van der Waals surface area contributed by atoms with Crippen LogP contribution in [0.15, 0.2) is 30.3 Å². The molecule has 0 aliphatic rings. The van der Waals surface area contributed by atoms with Crippen molar-refractivity contribution >= 4 is 5.97 Å². The normalized spacial score (nSPS) is 11.5. The van der Waals surface area contributed by atoms with Crippen molar-refractivity contribution in [3.8, 4) is 11.1 Å².